The van der Waals surface area contributed by atoms with Crippen molar-refractivity contribution in [3.63, 3.8) is 0 Å². The topological polar surface area (TPSA) is 45.7 Å². The Balaban J connectivity index is 1.67. The smallest absolute Gasteiger partial charge is 0.350 e. The first kappa shape index (κ1) is 12.9. The summed E-state index contributed by atoms with van der Waals surface area (Å²) in [7, 11) is 1.41. The van der Waals surface area contributed by atoms with Crippen LogP contribution in [0.1, 0.15) is 28.2 Å². The second-order valence-electron chi connectivity index (χ2n) is 5.16. The van der Waals surface area contributed by atoms with E-state index in [1.54, 1.807) is 0 Å². The third-order valence-electron chi connectivity index (χ3n) is 3.80. The van der Waals surface area contributed by atoms with E-state index in [-0.39, 0.29) is 5.97 Å². The van der Waals surface area contributed by atoms with Crippen LogP contribution >= 0.6 is 11.3 Å². The van der Waals surface area contributed by atoms with Gasteiger partial charge in [0, 0.05) is 32.2 Å². The molecule has 6 heteroatoms. The fourth-order valence-electron chi connectivity index (χ4n) is 2.52. The zero-order chi connectivity index (χ0) is 13.4. The standard InChI is InChI=1S/C13H19N3O2S/c1-9-11(12(17)18-2)19-13(14-9)16-7-5-15(6-8-16)10-3-4-10/h10H,3-8H2,1-2H3. The lowest BCUT2D eigenvalue weighted by molar-refractivity contribution is 0.0605. The van der Waals surface area contributed by atoms with Crippen LogP contribution in [0, 0.1) is 6.92 Å². The Hall–Kier alpha value is -1.14. The molecule has 1 aliphatic heterocycles. The van der Waals surface area contributed by atoms with Crippen LogP contribution in [0.15, 0.2) is 0 Å². The lowest BCUT2D eigenvalue weighted by Crippen LogP contribution is -2.47. The van der Waals surface area contributed by atoms with Crippen LogP contribution in [-0.4, -0.2) is 55.2 Å². The van der Waals surface area contributed by atoms with Crippen LogP contribution in [0.3, 0.4) is 0 Å². The van der Waals surface area contributed by atoms with E-state index in [4.69, 9.17) is 4.74 Å². The maximum Gasteiger partial charge on any atom is 0.350 e. The molecule has 1 saturated carbocycles. The number of piperazine rings is 1. The van der Waals surface area contributed by atoms with Crippen LogP contribution in [0.25, 0.3) is 0 Å². The maximum absolute atomic E-state index is 11.6. The summed E-state index contributed by atoms with van der Waals surface area (Å²) < 4.78 is 4.78. The predicted octanol–water partition coefficient (Wildman–Crippen LogP) is 1.52. The van der Waals surface area contributed by atoms with Gasteiger partial charge in [0.25, 0.3) is 0 Å². The zero-order valence-electron chi connectivity index (χ0n) is 11.4. The fourth-order valence-corrected chi connectivity index (χ4v) is 3.55. The van der Waals surface area contributed by atoms with E-state index < -0.39 is 0 Å². The van der Waals surface area contributed by atoms with Gasteiger partial charge in [0.2, 0.25) is 0 Å². The van der Waals surface area contributed by atoms with Crippen molar-refractivity contribution in [2.45, 2.75) is 25.8 Å². The minimum atomic E-state index is -0.280. The summed E-state index contributed by atoms with van der Waals surface area (Å²) in [6.45, 7) is 6.09. The van der Waals surface area contributed by atoms with Gasteiger partial charge < -0.3 is 9.64 Å². The molecule has 0 amide bonds. The molecule has 0 N–H and O–H groups in total. The van der Waals surface area contributed by atoms with Gasteiger partial charge in [-0.25, -0.2) is 9.78 Å². The molecule has 2 heterocycles. The van der Waals surface area contributed by atoms with Gasteiger partial charge in [-0.3, -0.25) is 4.90 Å². The van der Waals surface area contributed by atoms with Gasteiger partial charge in [-0.1, -0.05) is 11.3 Å². The Kier molecular flexibility index (Phi) is 3.45. The Morgan fingerprint density at radius 1 is 1.32 bits per heavy atom. The molecule has 1 aromatic rings. The van der Waals surface area contributed by atoms with E-state index >= 15 is 0 Å². The van der Waals surface area contributed by atoms with Gasteiger partial charge in [-0.05, 0) is 19.8 Å². The van der Waals surface area contributed by atoms with Crippen molar-refractivity contribution in [1.29, 1.82) is 0 Å². The summed E-state index contributed by atoms with van der Waals surface area (Å²) in [6, 6.07) is 0.839. The Morgan fingerprint density at radius 3 is 2.58 bits per heavy atom. The summed E-state index contributed by atoms with van der Waals surface area (Å²) in [5.41, 5.74) is 0.775. The summed E-state index contributed by atoms with van der Waals surface area (Å²) in [6.07, 6.45) is 2.73. The van der Waals surface area contributed by atoms with Gasteiger partial charge >= 0.3 is 5.97 Å². The molecule has 0 atom stereocenters. The quantitative estimate of drug-likeness (QED) is 0.786. The molecule has 2 fully saturated rings. The minimum absolute atomic E-state index is 0.280. The average molecular weight is 281 g/mol. The van der Waals surface area contributed by atoms with Gasteiger partial charge in [-0.15, -0.1) is 0 Å². The van der Waals surface area contributed by atoms with E-state index in [9.17, 15) is 4.79 Å². The van der Waals surface area contributed by atoms with Crippen molar-refractivity contribution in [3.8, 4) is 0 Å². The molecular formula is C13H19N3O2S. The molecular weight excluding hydrogens is 262 g/mol. The Morgan fingerprint density at radius 2 is 2.00 bits per heavy atom. The Labute approximate surface area is 117 Å². The SMILES string of the molecule is COC(=O)c1sc(N2CCN(C3CC3)CC2)nc1C. The number of ether oxygens (including phenoxy) is 1. The summed E-state index contributed by atoms with van der Waals surface area (Å²) >= 11 is 1.45. The molecule has 1 aromatic heterocycles. The van der Waals surface area contributed by atoms with Gasteiger partial charge in [0.05, 0.1) is 12.8 Å². The molecule has 5 nitrogen and oxygen atoms in total. The molecule has 19 heavy (non-hydrogen) atoms. The van der Waals surface area contributed by atoms with E-state index in [0.717, 1.165) is 43.0 Å². The highest BCUT2D eigenvalue weighted by atomic mass is 32.1. The third kappa shape index (κ3) is 2.60. The molecule has 0 spiro atoms. The van der Waals surface area contributed by atoms with Crippen molar-refractivity contribution >= 4 is 22.4 Å². The lowest BCUT2D eigenvalue weighted by Gasteiger charge is -2.34. The van der Waals surface area contributed by atoms with Crippen molar-refractivity contribution < 1.29 is 9.53 Å². The highest BCUT2D eigenvalue weighted by molar-refractivity contribution is 7.17. The molecule has 0 aromatic carbocycles. The first-order valence-corrected chi connectivity index (χ1v) is 7.55. The largest absolute Gasteiger partial charge is 0.465 e. The number of esters is 1. The summed E-state index contributed by atoms with van der Waals surface area (Å²) in [5, 5.41) is 0.952. The lowest BCUT2D eigenvalue weighted by atomic mass is 10.3. The molecule has 104 valence electrons. The number of aromatic nitrogens is 1. The molecule has 0 unspecified atom stereocenters. The van der Waals surface area contributed by atoms with Crippen LogP contribution < -0.4 is 4.90 Å². The number of hydrogen-bond donors (Lipinski definition) is 0. The Bertz CT molecular complexity index is 476. The van der Waals surface area contributed by atoms with E-state index in [0.29, 0.717) is 4.88 Å². The fraction of sp³-hybridized carbons (Fsp3) is 0.692. The number of thiazole rings is 1. The first-order chi connectivity index (χ1) is 9.19. The summed E-state index contributed by atoms with van der Waals surface area (Å²) in [4.78, 5) is 21.6. The number of carbonyl (C=O) groups is 1. The first-order valence-electron chi connectivity index (χ1n) is 6.74. The van der Waals surface area contributed by atoms with Crippen molar-refractivity contribution in [2.75, 3.05) is 38.2 Å². The van der Waals surface area contributed by atoms with Crippen molar-refractivity contribution in [1.82, 2.24) is 9.88 Å². The third-order valence-corrected chi connectivity index (χ3v) is 5.00. The zero-order valence-corrected chi connectivity index (χ0v) is 12.2. The van der Waals surface area contributed by atoms with Crippen LogP contribution in [0.4, 0.5) is 5.13 Å². The highest BCUT2D eigenvalue weighted by Gasteiger charge is 2.32. The predicted molar refractivity (Wildman–Crippen MR) is 75.0 cm³/mol. The van der Waals surface area contributed by atoms with Crippen LogP contribution in [-0.2, 0) is 4.74 Å². The number of anilines is 1. The number of rotatable bonds is 3. The molecule has 1 saturated heterocycles. The number of carbonyl (C=O) groups excluding carboxylic acids is 1. The monoisotopic (exact) mass is 281 g/mol. The summed E-state index contributed by atoms with van der Waals surface area (Å²) in [5.74, 6) is -0.280. The van der Waals surface area contributed by atoms with Crippen LogP contribution in [0.5, 0.6) is 0 Å². The molecule has 2 aliphatic rings. The van der Waals surface area contributed by atoms with Crippen molar-refractivity contribution in [2.24, 2.45) is 0 Å². The van der Waals surface area contributed by atoms with E-state index in [2.05, 4.69) is 14.8 Å². The van der Waals surface area contributed by atoms with Crippen molar-refractivity contribution in [3.05, 3.63) is 10.6 Å². The molecule has 1 aliphatic carbocycles. The van der Waals surface area contributed by atoms with E-state index in [1.807, 2.05) is 6.92 Å². The van der Waals surface area contributed by atoms with E-state index in [1.165, 1.54) is 31.3 Å². The maximum atomic E-state index is 11.6. The number of methoxy groups -OCH3 is 1. The second-order valence-corrected chi connectivity index (χ2v) is 6.13. The molecule has 3 rings (SSSR count). The second kappa shape index (κ2) is 5.09. The average Bonchev–Trinajstić information content (AvgIpc) is 3.21. The van der Waals surface area contributed by atoms with Gasteiger partial charge in [0.1, 0.15) is 4.88 Å². The molecule has 0 bridgehead atoms. The molecule has 0 radical (unpaired) electrons. The van der Waals surface area contributed by atoms with Gasteiger partial charge in [-0.2, -0.15) is 0 Å². The number of aryl methyl sites for hydroxylation is 1. The normalized spacial score (nSPS) is 20.6. The van der Waals surface area contributed by atoms with Gasteiger partial charge in [0.15, 0.2) is 5.13 Å². The number of hydrogen-bond acceptors (Lipinski definition) is 6. The number of nitrogens with zero attached hydrogens (tertiary/aromatic N) is 3. The highest BCUT2D eigenvalue weighted by Crippen LogP contribution is 2.31. The van der Waals surface area contributed by atoms with Crippen LogP contribution in [0.2, 0.25) is 0 Å². The minimum Gasteiger partial charge on any atom is -0.465 e.